The number of nitrogens with zero attached hydrogens (tertiary/aromatic N) is 4. The third-order valence-corrected chi connectivity index (χ3v) is 11.9. The Morgan fingerprint density at radius 1 is 0.750 bits per heavy atom. The predicted molar refractivity (Wildman–Crippen MR) is 239 cm³/mol. The molecule has 1 N–H and O–H groups in total. The maximum atomic E-state index is 11.6. The molecular weight excluding hydrogens is 918 g/mol. The Morgan fingerprint density at radius 3 is 2.13 bits per heavy atom. The molecule has 0 unspecified atom stereocenters. The number of aromatic hydroxyl groups is 1. The molecule has 0 bridgehead atoms. The van der Waals surface area contributed by atoms with Crippen LogP contribution in [0.25, 0.3) is 45.0 Å². The number of para-hydroxylation sites is 1. The van der Waals surface area contributed by atoms with Gasteiger partial charge in [0.15, 0.2) is 11.7 Å². The van der Waals surface area contributed by atoms with Crippen LogP contribution in [0.5, 0.6) is 11.6 Å². The summed E-state index contributed by atoms with van der Waals surface area (Å²) in [5.74, 6) is 2.40. The Balaban J connectivity index is 0.00000462. The average molecular weight is 963 g/mol. The van der Waals surface area contributed by atoms with Gasteiger partial charge in [0.1, 0.15) is 5.75 Å². The van der Waals surface area contributed by atoms with Gasteiger partial charge < -0.3 is 19.6 Å². The molecule has 0 aliphatic carbocycles. The van der Waals surface area contributed by atoms with Crippen LogP contribution in [-0.2, 0) is 21.1 Å². The van der Waals surface area contributed by atoms with Crippen molar-refractivity contribution in [3.63, 3.8) is 0 Å². The molecule has 0 atom stereocenters. The summed E-state index contributed by atoms with van der Waals surface area (Å²) in [5.41, 5.74) is 16.7. The molecule has 6 nitrogen and oxygen atoms in total. The van der Waals surface area contributed by atoms with E-state index in [1.54, 1.807) is 6.07 Å². The minimum Gasteiger partial charge on any atom is -0.507 e. The van der Waals surface area contributed by atoms with Gasteiger partial charge in [0.05, 0.1) is 16.8 Å². The number of hydrogen-bond acceptors (Lipinski definition) is 5. The number of hydrogen-bond donors (Lipinski definition) is 1. The fraction of sp³-hybridized carbons (Fsp3) is 0.154. The molecule has 60 heavy (non-hydrogen) atoms. The van der Waals surface area contributed by atoms with Gasteiger partial charge in [-0.2, -0.15) is 0 Å². The van der Waals surface area contributed by atoms with E-state index in [0.717, 1.165) is 44.8 Å². The van der Waals surface area contributed by atoms with Crippen LogP contribution in [0.3, 0.4) is 0 Å². The van der Waals surface area contributed by atoms with Crippen molar-refractivity contribution < 1.29 is 30.9 Å². The first-order valence-corrected chi connectivity index (χ1v) is 20.5. The smallest absolute Gasteiger partial charge is 0.340 e. The van der Waals surface area contributed by atoms with Gasteiger partial charge in [0.25, 0.3) is 0 Å². The van der Waals surface area contributed by atoms with Crippen LogP contribution in [-0.4, -0.2) is 31.3 Å². The summed E-state index contributed by atoms with van der Waals surface area (Å²) in [7, 11) is 0. The second kappa shape index (κ2) is 15.5. The van der Waals surface area contributed by atoms with Crippen molar-refractivity contribution in [2.45, 2.75) is 53.4 Å². The summed E-state index contributed by atoms with van der Waals surface area (Å²) in [5, 5.41) is 11.6. The number of aryl methyl sites for hydroxylation is 2. The first-order valence-electron chi connectivity index (χ1n) is 20.5. The number of phenols is 1. The zero-order chi connectivity index (χ0) is 40.5. The van der Waals surface area contributed by atoms with Crippen molar-refractivity contribution in [3.8, 4) is 51.1 Å². The molecule has 5 aromatic carbocycles. The Morgan fingerprint density at radius 2 is 1.45 bits per heavy atom. The molecule has 298 valence electrons. The second-order valence-electron chi connectivity index (χ2n) is 16.3. The van der Waals surface area contributed by atoms with Crippen molar-refractivity contribution in [3.05, 3.63) is 191 Å². The number of fused-ring (bicyclic) bond motifs is 4. The van der Waals surface area contributed by atoms with E-state index in [-0.39, 0.29) is 38.7 Å². The molecule has 0 saturated heterocycles. The normalized spacial score (nSPS) is 13.8. The minimum atomic E-state index is -0.406. The molecule has 10 rings (SSSR count). The number of rotatable bonds is 7. The quantitative estimate of drug-likeness (QED) is 0.127. The third-order valence-electron chi connectivity index (χ3n) is 11.9. The number of benzene rings is 5. The van der Waals surface area contributed by atoms with Gasteiger partial charge in [-0.05, 0) is 118 Å². The zero-order valence-electron chi connectivity index (χ0n) is 34.5. The fourth-order valence-corrected chi connectivity index (χ4v) is 9.13. The molecule has 0 saturated carbocycles. The van der Waals surface area contributed by atoms with E-state index in [2.05, 4.69) is 148 Å². The van der Waals surface area contributed by atoms with Gasteiger partial charge in [-0.3, -0.25) is 4.57 Å². The van der Waals surface area contributed by atoms with Gasteiger partial charge in [0.2, 0.25) is 5.88 Å². The van der Waals surface area contributed by atoms with E-state index in [9.17, 15) is 5.11 Å². The molecule has 8 heteroatoms. The predicted octanol–water partition coefficient (Wildman–Crippen LogP) is 10.6. The summed E-state index contributed by atoms with van der Waals surface area (Å²) in [6.07, 6.45) is 8.16. The average Bonchev–Trinajstić information content (AvgIpc) is 3.62. The standard InChI is InChI=1S/C52H44BN4O2.Pt/c1-31(2)40-28-37(35-18-8-7-9-19-35)29-41(32(3)4)49(40)56-51(39-20-10-11-23-45(39)58)55-50-52(56)59-46-24-15-22-44-48(47-33(5)16-14-17-34(47)6)38-26-25-36(43-21-12-13-27-54-43)30-42(38)53(50)57(44)46;/h7-29,31-32,58H,1-6H3;/q-1;. The van der Waals surface area contributed by atoms with Crippen LogP contribution in [0, 0.1) is 19.9 Å². The van der Waals surface area contributed by atoms with E-state index >= 15 is 0 Å². The van der Waals surface area contributed by atoms with Crippen LogP contribution in [0.4, 0.5) is 0 Å². The van der Waals surface area contributed by atoms with Crippen molar-refractivity contribution >= 4 is 23.5 Å². The molecule has 0 spiro atoms. The molecule has 0 radical (unpaired) electrons. The van der Waals surface area contributed by atoms with Crippen LogP contribution >= 0.6 is 0 Å². The maximum absolute atomic E-state index is 11.6. The van der Waals surface area contributed by atoms with Crippen LogP contribution in [0.1, 0.15) is 72.9 Å². The van der Waals surface area contributed by atoms with Crippen LogP contribution < -0.4 is 15.8 Å². The van der Waals surface area contributed by atoms with E-state index in [1.165, 1.54) is 38.9 Å². The van der Waals surface area contributed by atoms with E-state index in [0.29, 0.717) is 23.2 Å². The van der Waals surface area contributed by atoms with Crippen LogP contribution in [0.2, 0.25) is 0 Å². The molecule has 5 heterocycles. The molecule has 2 aromatic heterocycles. The first kappa shape index (κ1) is 39.3. The van der Waals surface area contributed by atoms with Crippen molar-refractivity contribution in [1.82, 2.24) is 19.3 Å². The van der Waals surface area contributed by atoms with Crippen LogP contribution in [0.15, 0.2) is 151 Å². The molecule has 3 aliphatic heterocycles. The monoisotopic (exact) mass is 962 g/mol. The zero-order valence-corrected chi connectivity index (χ0v) is 36.7. The Bertz CT molecular complexity index is 2860. The van der Waals surface area contributed by atoms with E-state index < -0.39 is 6.85 Å². The minimum absolute atomic E-state index is 0. The molecular formula is C52H44BN4O2Pt-. The number of imidazole rings is 1. The fourth-order valence-electron chi connectivity index (χ4n) is 9.13. The summed E-state index contributed by atoms with van der Waals surface area (Å²) in [4.78, 5) is 12.7. The largest absolute Gasteiger partial charge is 0.507 e. The van der Waals surface area contributed by atoms with Gasteiger partial charge >= 0.3 is 6.85 Å². The van der Waals surface area contributed by atoms with Gasteiger partial charge in [-0.1, -0.05) is 112 Å². The first-order chi connectivity index (χ1) is 28.7. The Labute approximate surface area is 367 Å². The summed E-state index contributed by atoms with van der Waals surface area (Å²) in [6, 6.07) is 43.5. The third kappa shape index (κ3) is 6.30. The molecule has 0 amide bonds. The van der Waals surface area contributed by atoms with Crippen molar-refractivity contribution in [2.75, 3.05) is 0 Å². The summed E-state index contributed by atoms with van der Waals surface area (Å²) >= 11 is 0. The molecule has 3 aliphatic rings. The topological polar surface area (TPSA) is 63.4 Å². The number of aromatic nitrogens is 3. The second-order valence-corrected chi connectivity index (χ2v) is 16.3. The van der Waals surface area contributed by atoms with Gasteiger partial charge in [-0.15, -0.1) is 29.2 Å². The van der Waals surface area contributed by atoms with Gasteiger partial charge in [-0.25, -0.2) is 4.98 Å². The SMILES string of the molecule is Cc1cccc(C)c1C1=C2C=CC=C3Oc4c(nc(-c5ccccc5O)n4-c4c(C(C)C)cc(-c5ccccc5)cc4C(C)C)B(c4[c-]c(-c5ccccn5)ccc41)N32.[Pt]. The number of pyridine rings is 1. The number of allylic oxidation sites excluding steroid dienone is 3. The Hall–Kier alpha value is -6.17. The van der Waals surface area contributed by atoms with Gasteiger partial charge in [0, 0.05) is 33.0 Å². The molecule has 0 fully saturated rings. The van der Waals surface area contributed by atoms with Crippen molar-refractivity contribution in [2.24, 2.45) is 0 Å². The maximum Gasteiger partial charge on any atom is 0.340 e. The Kier molecular flexibility index (Phi) is 10.1. The van der Waals surface area contributed by atoms with E-state index in [4.69, 9.17) is 14.7 Å². The summed E-state index contributed by atoms with van der Waals surface area (Å²) in [6.45, 7) is 12.9. The van der Waals surface area contributed by atoms with Crippen molar-refractivity contribution in [1.29, 1.82) is 0 Å². The van der Waals surface area contributed by atoms with E-state index in [1.807, 2.05) is 42.6 Å². The summed E-state index contributed by atoms with van der Waals surface area (Å²) < 4.78 is 9.44. The number of phenolic OH excluding ortho intramolecular Hbond substituents is 1. The number of ether oxygens (including phenoxy) is 1. The molecule has 7 aromatic rings.